The highest BCUT2D eigenvalue weighted by Crippen LogP contribution is 2.30. The zero-order chi connectivity index (χ0) is 17.9. The number of carbonyl (C=O) groups is 1. The molecule has 2 aromatic rings. The molecule has 3 rings (SSSR count). The van der Waals surface area contributed by atoms with Crippen LogP contribution in [-0.2, 0) is 6.18 Å². The highest BCUT2D eigenvalue weighted by atomic mass is 19.4. The summed E-state index contributed by atoms with van der Waals surface area (Å²) >= 11 is 0. The Balaban J connectivity index is 1.58. The highest BCUT2D eigenvalue weighted by molar-refractivity contribution is 5.89. The van der Waals surface area contributed by atoms with Gasteiger partial charge >= 0.3 is 18.2 Å². The van der Waals surface area contributed by atoms with Gasteiger partial charge in [-0.25, -0.2) is 14.8 Å². The van der Waals surface area contributed by atoms with Gasteiger partial charge in [-0.15, -0.1) is 0 Å². The van der Waals surface area contributed by atoms with Crippen molar-refractivity contribution in [2.24, 2.45) is 0 Å². The number of benzene rings is 1. The molecular weight excluding hydrogens is 337 g/mol. The zero-order valence-corrected chi connectivity index (χ0v) is 13.0. The molecule has 132 valence electrons. The molecule has 0 bridgehead atoms. The van der Waals surface area contributed by atoms with Crippen LogP contribution in [-0.4, -0.2) is 40.1 Å². The van der Waals surface area contributed by atoms with Crippen molar-refractivity contribution in [1.82, 2.24) is 14.9 Å². The molecular formula is C16H15F3N4O2. The Bertz CT molecular complexity index is 740. The number of aromatic nitrogens is 2. The van der Waals surface area contributed by atoms with Crippen LogP contribution in [0.15, 0.2) is 42.7 Å². The number of urea groups is 1. The lowest BCUT2D eigenvalue weighted by Gasteiger charge is -2.18. The number of rotatable bonds is 3. The Labute approximate surface area is 141 Å². The van der Waals surface area contributed by atoms with E-state index in [0.29, 0.717) is 19.5 Å². The fourth-order valence-electron chi connectivity index (χ4n) is 2.48. The molecule has 0 aliphatic carbocycles. The summed E-state index contributed by atoms with van der Waals surface area (Å²) in [6, 6.07) is 5.94. The highest BCUT2D eigenvalue weighted by Gasteiger charge is 2.31. The lowest BCUT2D eigenvalue weighted by Crippen LogP contribution is -2.34. The number of hydrogen-bond acceptors (Lipinski definition) is 4. The fraction of sp³-hybridized carbons (Fsp3) is 0.312. The molecule has 1 N–H and O–H groups in total. The maximum Gasteiger partial charge on any atom is 0.416 e. The average molecular weight is 352 g/mol. The minimum Gasteiger partial charge on any atom is -0.458 e. The van der Waals surface area contributed by atoms with Crippen molar-refractivity contribution in [3.8, 4) is 6.01 Å². The number of nitrogens with one attached hydrogen (secondary N) is 1. The van der Waals surface area contributed by atoms with Gasteiger partial charge in [-0.2, -0.15) is 13.2 Å². The molecule has 1 saturated heterocycles. The van der Waals surface area contributed by atoms with Gasteiger partial charge in [-0.05, 0) is 24.3 Å². The first kappa shape index (κ1) is 17.0. The third kappa shape index (κ3) is 4.37. The second kappa shape index (κ2) is 6.96. The molecule has 0 radical (unpaired) electrons. The van der Waals surface area contributed by atoms with E-state index < -0.39 is 17.8 Å². The van der Waals surface area contributed by atoms with Crippen molar-refractivity contribution in [2.45, 2.75) is 18.7 Å². The number of anilines is 1. The Kier molecular flexibility index (Phi) is 4.73. The van der Waals surface area contributed by atoms with Gasteiger partial charge < -0.3 is 15.0 Å². The molecule has 2 amide bonds. The van der Waals surface area contributed by atoms with Crippen molar-refractivity contribution in [1.29, 1.82) is 0 Å². The van der Waals surface area contributed by atoms with Crippen LogP contribution in [0.3, 0.4) is 0 Å². The summed E-state index contributed by atoms with van der Waals surface area (Å²) in [5, 5.41) is 2.48. The van der Waals surface area contributed by atoms with Gasteiger partial charge in [0, 0.05) is 31.0 Å². The molecule has 1 aliphatic heterocycles. The van der Waals surface area contributed by atoms with Crippen molar-refractivity contribution >= 4 is 11.7 Å². The van der Waals surface area contributed by atoms with E-state index in [4.69, 9.17) is 4.74 Å². The summed E-state index contributed by atoms with van der Waals surface area (Å²) in [5.74, 6) is 0. The first-order chi connectivity index (χ1) is 11.9. The van der Waals surface area contributed by atoms with E-state index in [-0.39, 0.29) is 17.8 Å². The molecule has 1 aromatic heterocycles. The normalized spacial score (nSPS) is 17.4. The molecule has 0 spiro atoms. The number of amides is 2. The monoisotopic (exact) mass is 352 g/mol. The van der Waals surface area contributed by atoms with E-state index in [1.165, 1.54) is 17.0 Å². The Morgan fingerprint density at radius 2 is 2.00 bits per heavy atom. The molecule has 1 fully saturated rings. The van der Waals surface area contributed by atoms with E-state index in [1.807, 2.05) is 0 Å². The van der Waals surface area contributed by atoms with Crippen LogP contribution in [0.4, 0.5) is 23.7 Å². The summed E-state index contributed by atoms with van der Waals surface area (Å²) < 4.78 is 43.7. The molecule has 6 nitrogen and oxygen atoms in total. The zero-order valence-electron chi connectivity index (χ0n) is 13.0. The predicted molar refractivity (Wildman–Crippen MR) is 83.1 cm³/mol. The number of ether oxygens (including phenoxy) is 1. The van der Waals surface area contributed by atoms with E-state index >= 15 is 0 Å². The standard InChI is InChI=1S/C16H15F3N4O2/c17-16(18,19)11-3-1-4-12(9-11)22-15(24)23-8-5-13(10-23)25-14-20-6-2-7-21-14/h1-4,6-7,9,13H,5,8,10H2,(H,22,24)/t13-/m0/s1. The van der Waals surface area contributed by atoms with Gasteiger partial charge in [0.25, 0.3) is 0 Å². The SMILES string of the molecule is O=C(Nc1cccc(C(F)(F)F)c1)N1CC[C@H](Oc2ncccn2)C1. The van der Waals surface area contributed by atoms with E-state index in [1.54, 1.807) is 18.5 Å². The number of alkyl halides is 3. The van der Waals surface area contributed by atoms with Gasteiger partial charge in [0.15, 0.2) is 0 Å². The molecule has 25 heavy (non-hydrogen) atoms. The van der Waals surface area contributed by atoms with E-state index in [0.717, 1.165) is 12.1 Å². The fourth-order valence-corrected chi connectivity index (χ4v) is 2.48. The molecule has 9 heteroatoms. The van der Waals surface area contributed by atoms with Gasteiger partial charge in [-0.3, -0.25) is 0 Å². The molecule has 1 aromatic carbocycles. The summed E-state index contributed by atoms with van der Waals surface area (Å²) in [7, 11) is 0. The van der Waals surface area contributed by atoms with Crippen LogP contribution in [0.2, 0.25) is 0 Å². The topological polar surface area (TPSA) is 67.4 Å². The minimum absolute atomic E-state index is 0.0931. The Morgan fingerprint density at radius 3 is 2.72 bits per heavy atom. The average Bonchev–Trinajstić information content (AvgIpc) is 3.04. The van der Waals surface area contributed by atoms with Gasteiger partial charge in [0.1, 0.15) is 6.10 Å². The molecule has 2 heterocycles. The van der Waals surface area contributed by atoms with E-state index in [2.05, 4.69) is 15.3 Å². The maximum absolute atomic E-state index is 12.7. The first-order valence-electron chi connectivity index (χ1n) is 7.59. The first-order valence-corrected chi connectivity index (χ1v) is 7.59. The predicted octanol–water partition coefficient (Wildman–Crippen LogP) is 3.18. The molecule has 1 aliphatic rings. The molecule has 0 unspecified atom stereocenters. The van der Waals surface area contributed by atoms with Crippen LogP contribution < -0.4 is 10.1 Å². The number of halogens is 3. The van der Waals surface area contributed by atoms with Crippen LogP contribution in [0, 0.1) is 0 Å². The minimum atomic E-state index is -4.46. The number of carbonyl (C=O) groups excluding carboxylic acids is 1. The van der Waals surface area contributed by atoms with Crippen molar-refractivity contribution in [3.05, 3.63) is 48.3 Å². The Hall–Kier alpha value is -2.84. The second-order valence-corrected chi connectivity index (χ2v) is 5.51. The second-order valence-electron chi connectivity index (χ2n) is 5.51. The van der Waals surface area contributed by atoms with Crippen LogP contribution in [0.1, 0.15) is 12.0 Å². The number of likely N-dealkylation sites (tertiary alicyclic amines) is 1. The third-order valence-electron chi connectivity index (χ3n) is 3.69. The maximum atomic E-state index is 12.7. The smallest absolute Gasteiger partial charge is 0.416 e. The summed E-state index contributed by atoms with van der Waals surface area (Å²) in [5.41, 5.74) is -0.718. The summed E-state index contributed by atoms with van der Waals surface area (Å²) in [6.45, 7) is 0.741. The number of nitrogens with zero attached hydrogens (tertiary/aromatic N) is 3. The van der Waals surface area contributed by atoms with Crippen molar-refractivity contribution in [2.75, 3.05) is 18.4 Å². The van der Waals surface area contributed by atoms with E-state index in [9.17, 15) is 18.0 Å². The number of hydrogen-bond donors (Lipinski definition) is 1. The lowest BCUT2D eigenvalue weighted by molar-refractivity contribution is -0.137. The van der Waals surface area contributed by atoms with Gasteiger partial charge in [0.2, 0.25) is 0 Å². The summed E-state index contributed by atoms with van der Waals surface area (Å²) in [6.07, 6.45) is -1.02. The lowest BCUT2D eigenvalue weighted by atomic mass is 10.2. The third-order valence-corrected chi connectivity index (χ3v) is 3.69. The van der Waals surface area contributed by atoms with Gasteiger partial charge in [-0.1, -0.05) is 6.07 Å². The Morgan fingerprint density at radius 1 is 1.24 bits per heavy atom. The largest absolute Gasteiger partial charge is 0.458 e. The molecule has 1 atom stereocenters. The summed E-state index contributed by atoms with van der Waals surface area (Å²) in [4.78, 5) is 21.6. The quantitative estimate of drug-likeness (QED) is 0.921. The van der Waals surface area contributed by atoms with Crippen LogP contribution in [0.5, 0.6) is 6.01 Å². The van der Waals surface area contributed by atoms with Crippen molar-refractivity contribution < 1.29 is 22.7 Å². The van der Waals surface area contributed by atoms with Crippen LogP contribution in [0.25, 0.3) is 0 Å². The van der Waals surface area contributed by atoms with Gasteiger partial charge in [0.05, 0.1) is 12.1 Å². The molecule has 0 saturated carbocycles. The van der Waals surface area contributed by atoms with Crippen LogP contribution >= 0.6 is 0 Å². The van der Waals surface area contributed by atoms with Crippen molar-refractivity contribution in [3.63, 3.8) is 0 Å².